The summed E-state index contributed by atoms with van der Waals surface area (Å²) >= 11 is 1.48. The minimum absolute atomic E-state index is 0.113. The Balaban J connectivity index is 1.66. The average molecular weight is 385 g/mol. The van der Waals surface area contributed by atoms with Gasteiger partial charge < -0.3 is 10.1 Å². The van der Waals surface area contributed by atoms with Gasteiger partial charge in [0, 0.05) is 28.2 Å². The third-order valence-corrected chi connectivity index (χ3v) is 4.59. The van der Waals surface area contributed by atoms with E-state index in [-0.39, 0.29) is 18.9 Å². The summed E-state index contributed by atoms with van der Waals surface area (Å²) in [4.78, 5) is 32.1. The van der Waals surface area contributed by atoms with Gasteiger partial charge in [0.2, 0.25) is 5.91 Å². The molecule has 0 spiro atoms. The number of anilines is 1. The number of hydrogen-bond acceptors (Lipinski definition) is 7. The largest absolute Gasteiger partial charge is 0.442 e. The zero-order valence-corrected chi connectivity index (χ0v) is 16.0. The van der Waals surface area contributed by atoms with E-state index in [9.17, 15) is 9.59 Å². The lowest BCUT2D eigenvalue weighted by atomic mass is 10.1. The summed E-state index contributed by atoms with van der Waals surface area (Å²) in [5, 5.41) is 7.52. The maximum atomic E-state index is 12.4. The lowest BCUT2D eigenvalue weighted by Crippen LogP contribution is -2.30. The Morgan fingerprint density at radius 2 is 1.89 bits per heavy atom. The highest BCUT2D eigenvalue weighted by Crippen LogP contribution is 2.17. The van der Waals surface area contributed by atoms with E-state index in [4.69, 9.17) is 4.74 Å². The Labute approximate surface area is 160 Å². The Hall–Kier alpha value is -2.94. The molecule has 8 nitrogen and oxygen atoms in total. The van der Waals surface area contributed by atoms with E-state index in [1.54, 1.807) is 12.1 Å². The Kier molecular flexibility index (Phi) is 5.70. The quantitative estimate of drug-likeness (QED) is 0.605. The second-order valence-corrected chi connectivity index (χ2v) is 6.68. The third-order valence-electron chi connectivity index (χ3n) is 4.04. The summed E-state index contributed by atoms with van der Waals surface area (Å²) in [6.45, 7) is 3.89. The van der Waals surface area contributed by atoms with Crippen molar-refractivity contribution >= 4 is 35.2 Å². The van der Waals surface area contributed by atoms with Crippen molar-refractivity contribution in [1.82, 2.24) is 15.4 Å². The number of nitrogens with one attached hydrogen (secondary N) is 2. The number of ether oxygens (including phenoxy) is 1. The fourth-order valence-corrected chi connectivity index (χ4v) is 3.08. The Bertz CT molecular complexity index is 889. The molecule has 0 bridgehead atoms. The molecule has 0 saturated heterocycles. The molecule has 1 aliphatic rings. The molecule has 0 radical (unpaired) electrons. The second kappa shape index (κ2) is 8.17. The highest BCUT2D eigenvalue weighted by Gasteiger charge is 2.15. The van der Waals surface area contributed by atoms with E-state index in [1.807, 2.05) is 32.2 Å². The van der Waals surface area contributed by atoms with Crippen LogP contribution in [0.2, 0.25) is 0 Å². The smallest absolute Gasteiger partial charge is 0.428 e. The number of amides is 2. The monoisotopic (exact) mass is 385 g/mol. The molecule has 0 unspecified atom stereocenters. The van der Waals surface area contributed by atoms with E-state index < -0.39 is 6.09 Å². The van der Waals surface area contributed by atoms with Crippen molar-refractivity contribution in [2.75, 3.05) is 18.2 Å². The van der Waals surface area contributed by atoms with E-state index in [2.05, 4.69) is 25.8 Å². The molecule has 0 atom stereocenters. The molecular weight excluding hydrogens is 366 g/mol. The first-order valence-electron chi connectivity index (χ1n) is 8.24. The third kappa shape index (κ3) is 4.62. The first-order chi connectivity index (χ1) is 13.0. The molecule has 2 heterocycles. The molecule has 0 aliphatic carbocycles. The molecule has 3 rings (SSSR count). The van der Waals surface area contributed by atoms with Crippen LogP contribution in [0.4, 0.5) is 10.5 Å². The fourth-order valence-electron chi connectivity index (χ4n) is 2.63. The van der Waals surface area contributed by atoms with Gasteiger partial charge >= 0.3 is 6.09 Å². The molecule has 1 aromatic carbocycles. The molecule has 0 saturated carbocycles. The van der Waals surface area contributed by atoms with Crippen LogP contribution < -0.4 is 10.7 Å². The van der Waals surface area contributed by atoms with Crippen molar-refractivity contribution in [2.24, 2.45) is 5.10 Å². The summed E-state index contributed by atoms with van der Waals surface area (Å²) < 4.78 is 4.88. The van der Waals surface area contributed by atoms with Crippen LogP contribution in [0.15, 0.2) is 34.5 Å². The number of thioether (sulfide) groups is 1. The standard InChI is InChI=1S/C18H19N5O3S/c1-10-14(11(2)20-17(19-10)27-3)8-16(24)21-13-6-4-12(5-7-13)15-9-26-18(25)23-22-15/h4-7H,8-9H2,1-3H3,(H,21,24)(H,23,25). The molecule has 27 heavy (non-hydrogen) atoms. The molecule has 9 heteroatoms. The van der Waals surface area contributed by atoms with Crippen molar-refractivity contribution in [2.45, 2.75) is 25.4 Å². The SMILES string of the molecule is CSc1nc(C)c(CC(=O)Nc2ccc(C3=NNC(=O)OC3)cc2)c(C)n1. The van der Waals surface area contributed by atoms with Crippen molar-refractivity contribution in [3.63, 3.8) is 0 Å². The fraction of sp³-hybridized carbons (Fsp3) is 0.278. The van der Waals surface area contributed by atoms with E-state index >= 15 is 0 Å². The molecule has 2 N–H and O–H groups in total. The minimum atomic E-state index is -0.567. The van der Waals surface area contributed by atoms with Gasteiger partial charge in [-0.25, -0.2) is 20.2 Å². The van der Waals surface area contributed by atoms with Crippen LogP contribution in [0.25, 0.3) is 0 Å². The molecule has 2 aromatic rings. The van der Waals surface area contributed by atoms with Crippen LogP contribution >= 0.6 is 11.8 Å². The van der Waals surface area contributed by atoms with Crippen molar-refractivity contribution in [1.29, 1.82) is 0 Å². The van der Waals surface area contributed by atoms with E-state index in [0.29, 0.717) is 16.6 Å². The first kappa shape index (κ1) is 18.8. The van der Waals surface area contributed by atoms with Crippen molar-refractivity contribution < 1.29 is 14.3 Å². The van der Waals surface area contributed by atoms with Crippen LogP contribution in [0.3, 0.4) is 0 Å². The van der Waals surface area contributed by atoms with Gasteiger partial charge in [-0.1, -0.05) is 23.9 Å². The molecule has 1 aromatic heterocycles. The van der Waals surface area contributed by atoms with Gasteiger partial charge in [-0.3, -0.25) is 4.79 Å². The van der Waals surface area contributed by atoms with Crippen LogP contribution in [0.5, 0.6) is 0 Å². The van der Waals surface area contributed by atoms with Crippen molar-refractivity contribution in [3.05, 3.63) is 46.8 Å². The van der Waals surface area contributed by atoms with Crippen LogP contribution in [0.1, 0.15) is 22.5 Å². The summed E-state index contributed by atoms with van der Waals surface area (Å²) in [6, 6.07) is 7.17. The molecule has 140 valence electrons. The van der Waals surface area contributed by atoms with Crippen molar-refractivity contribution in [3.8, 4) is 0 Å². The number of aryl methyl sites for hydroxylation is 2. The number of benzene rings is 1. The zero-order valence-electron chi connectivity index (χ0n) is 15.2. The first-order valence-corrected chi connectivity index (χ1v) is 9.46. The predicted octanol–water partition coefficient (Wildman–Crippen LogP) is 2.44. The highest BCUT2D eigenvalue weighted by molar-refractivity contribution is 7.98. The average Bonchev–Trinajstić information content (AvgIpc) is 2.66. The van der Waals surface area contributed by atoms with Gasteiger partial charge in [-0.05, 0) is 32.2 Å². The maximum absolute atomic E-state index is 12.4. The topological polar surface area (TPSA) is 106 Å². The highest BCUT2D eigenvalue weighted by atomic mass is 32.2. The van der Waals surface area contributed by atoms with Gasteiger partial charge in [0.1, 0.15) is 12.3 Å². The summed E-state index contributed by atoms with van der Waals surface area (Å²) in [6.07, 6.45) is 1.56. The van der Waals surface area contributed by atoms with Crippen LogP contribution in [-0.2, 0) is 16.0 Å². The number of cyclic esters (lactones) is 1. The van der Waals surface area contributed by atoms with Gasteiger partial charge in [0.25, 0.3) is 0 Å². The number of nitrogens with zero attached hydrogens (tertiary/aromatic N) is 3. The van der Waals surface area contributed by atoms with Gasteiger partial charge in [-0.15, -0.1) is 0 Å². The Morgan fingerprint density at radius 1 is 1.22 bits per heavy atom. The summed E-state index contributed by atoms with van der Waals surface area (Å²) in [5.74, 6) is -0.139. The van der Waals surface area contributed by atoms with E-state index in [1.165, 1.54) is 11.8 Å². The molecular formula is C18H19N5O3S. The van der Waals surface area contributed by atoms with Crippen LogP contribution in [-0.4, -0.2) is 40.5 Å². The number of rotatable bonds is 5. The lowest BCUT2D eigenvalue weighted by molar-refractivity contribution is -0.115. The maximum Gasteiger partial charge on any atom is 0.428 e. The second-order valence-electron chi connectivity index (χ2n) is 5.91. The minimum Gasteiger partial charge on any atom is -0.442 e. The van der Waals surface area contributed by atoms with Gasteiger partial charge in [0.05, 0.1) is 6.42 Å². The molecule has 2 amide bonds. The van der Waals surface area contributed by atoms with Gasteiger partial charge in [-0.2, -0.15) is 5.10 Å². The number of aromatic nitrogens is 2. The van der Waals surface area contributed by atoms with Gasteiger partial charge in [0.15, 0.2) is 5.16 Å². The number of carbonyl (C=O) groups excluding carboxylic acids is 2. The lowest BCUT2D eigenvalue weighted by Gasteiger charge is -2.14. The zero-order chi connectivity index (χ0) is 19.4. The predicted molar refractivity (Wildman–Crippen MR) is 103 cm³/mol. The normalized spacial score (nSPS) is 13.4. The van der Waals surface area contributed by atoms with E-state index in [0.717, 1.165) is 22.5 Å². The molecule has 0 fully saturated rings. The summed E-state index contributed by atoms with van der Waals surface area (Å²) in [5.41, 5.74) is 6.83. The number of carbonyl (C=O) groups is 2. The molecule has 1 aliphatic heterocycles. The van der Waals surface area contributed by atoms with Crippen LogP contribution in [0, 0.1) is 13.8 Å². The number of hydrazone groups is 1. The number of hydrogen-bond donors (Lipinski definition) is 2. The Morgan fingerprint density at radius 3 is 2.44 bits per heavy atom. The summed E-state index contributed by atoms with van der Waals surface area (Å²) in [7, 11) is 0.